The molecule has 0 atom stereocenters. The molecule has 4 nitrogen and oxygen atoms in total. The smallest absolute Gasteiger partial charge is 0.410 e. The van der Waals surface area contributed by atoms with Crippen LogP contribution in [0.15, 0.2) is 49.1 Å². The summed E-state index contributed by atoms with van der Waals surface area (Å²) in [6.07, 6.45) is 0. The molecule has 9 heteroatoms. The molecule has 0 saturated carbocycles. The van der Waals surface area contributed by atoms with Crippen LogP contribution in [0.3, 0.4) is 0 Å². The Bertz CT molecular complexity index is 356. The van der Waals surface area contributed by atoms with E-state index in [9.17, 15) is 0 Å². The quantitative estimate of drug-likeness (QED) is 0.377. The van der Waals surface area contributed by atoms with Gasteiger partial charge in [-0.3, -0.25) is 0 Å². The topological polar surface area (TPSA) is 36.9 Å². The molecule has 0 aromatic heterocycles. The van der Waals surface area contributed by atoms with Crippen LogP contribution < -0.4 is 0 Å². The molecule has 0 bridgehead atoms. The molecular formula is C14H30O4PtSi4. The second kappa shape index (κ2) is 9.74. The van der Waals surface area contributed by atoms with Crippen molar-refractivity contribution in [1.29, 1.82) is 0 Å². The maximum Gasteiger partial charge on any atom is 2.00 e. The van der Waals surface area contributed by atoms with Gasteiger partial charge in [-0.05, 0) is 26.2 Å². The number of rotatable bonds is 4. The van der Waals surface area contributed by atoms with Crippen LogP contribution in [-0.4, -0.2) is 34.2 Å². The van der Waals surface area contributed by atoms with Gasteiger partial charge in [0.1, 0.15) is 0 Å². The van der Waals surface area contributed by atoms with Crippen molar-refractivity contribution in [2.45, 2.75) is 26.2 Å². The Kier molecular flexibility index (Phi) is 11.9. The zero-order valence-electron chi connectivity index (χ0n) is 15.1. The predicted molar refractivity (Wildman–Crippen MR) is 104 cm³/mol. The van der Waals surface area contributed by atoms with Gasteiger partial charge in [0, 0.05) is 0 Å². The fourth-order valence-corrected chi connectivity index (χ4v) is 19.7. The van der Waals surface area contributed by atoms with E-state index in [1.807, 2.05) is 26.2 Å². The van der Waals surface area contributed by atoms with Crippen molar-refractivity contribution < 1.29 is 37.5 Å². The minimum atomic E-state index is -2.60. The molecular weight excluding hydrogens is 540 g/mol. The average molecular weight is 570 g/mol. The van der Waals surface area contributed by atoms with Crippen molar-refractivity contribution in [3.8, 4) is 0 Å². The molecule has 1 aliphatic heterocycles. The van der Waals surface area contributed by atoms with Crippen LogP contribution in [-0.2, 0) is 37.5 Å². The molecule has 0 radical (unpaired) electrons. The molecule has 1 saturated heterocycles. The third kappa shape index (κ3) is 7.01. The van der Waals surface area contributed by atoms with E-state index in [1.165, 1.54) is 0 Å². The van der Waals surface area contributed by atoms with Crippen LogP contribution in [0.25, 0.3) is 0 Å². The van der Waals surface area contributed by atoms with Gasteiger partial charge in [-0.1, -0.05) is 22.8 Å². The molecule has 0 spiro atoms. The number of hydrogen-bond acceptors (Lipinski definition) is 4. The Hall–Kier alpha value is 0.356. The average Bonchev–Trinajstić information content (AvgIpc) is 2.36. The summed E-state index contributed by atoms with van der Waals surface area (Å²) < 4.78 is 25.0. The van der Waals surface area contributed by atoms with Crippen LogP contribution in [0.4, 0.5) is 0 Å². The van der Waals surface area contributed by atoms with Gasteiger partial charge in [0.05, 0.1) is 0 Å². The first kappa shape index (κ1) is 28.2. The van der Waals surface area contributed by atoms with Gasteiger partial charge < -0.3 is 31.3 Å². The van der Waals surface area contributed by atoms with Crippen molar-refractivity contribution in [3.63, 3.8) is 0 Å². The third-order valence-electron chi connectivity index (χ3n) is 3.10. The van der Waals surface area contributed by atoms with Gasteiger partial charge in [-0.2, -0.15) is 0 Å². The second-order valence-electron chi connectivity index (χ2n) is 5.29. The summed E-state index contributed by atoms with van der Waals surface area (Å²) in [6.45, 7) is 23.2. The molecule has 0 aromatic rings. The fourth-order valence-electron chi connectivity index (χ4n) is 2.03. The van der Waals surface area contributed by atoms with Crippen molar-refractivity contribution >= 4 is 34.2 Å². The Morgan fingerprint density at radius 3 is 0.739 bits per heavy atom. The SMILES string of the molecule is C=C[Si]1(C)O[Si](C)(C=C)O[Si](C)(C=C)O[Si](C)(C=C)O1.[CH3-].[CH3-].[Pt+2]. The van der Waals surface area contributed by atoms with E-state index in [1.54, 1.807) is 22.8 Å². The molecule has 1 fully saturated rings. The van der Waals surface area contributed by atoms with Crippen LogP contribution in [0.1, 0.15) is 0 Å². The van der Waals surface area contributed by atoms with Crippen LogP contribution in [0, 0.1) is 14.9 Å². The molecule has 1 rings (SSSR count). The van der Waals surface area contributed by atoms with E-state index in [-0.39, 0.29) is 35.9 Å². The molecule has 23 heavy (non-hydrogen) atoms. The second-order valence-corrected chi connectivity index (χ2v) is 18.3. The van der Waals surface area contributed by atoms with E-state index >= 15 is 0 Å². The summed E-state index contributed by atoms with van der Waals surface area (Å²) in [5.74, 6) is 0. The third-order valence-corrected chi connectivity index (χ3v) is 19.0. The zero-order chi connectivity index (χ0) is 15.7. The first-order valence-electron chi connectivity index (χ1n) is 6.42. The van der Waals surface area contributed by atoms with Gasteiger partial charge in [0.2, 0.25) is 0 Å². The fraction of sp³-hybridized carbons (Fsp3) is 0.286. The summed E-state index contributed by atoms with van der Waals surface area (Å²) in [4.78, 5) is 0. The number of hydrogen-bond donors (Lipinski definition) is 0. The summed E-state index contributed by atoms with van der Waals surface area (Å²) in [5.41, 5.74) is 7.01. The Morgan fingerprint density at radius 2 is 0.652 bits per heavy atom. The minimum absolute atomic E-state index is 0. The molecule has 0 amide bonds. The summed E-state index contributed by atoms with van der Waals surface area (Å²) >= 11 is 0. The van der Waals surface area contributed by atoms with E-state index in [4.69, 9.17) is 16.5 Å². The standard InChI is InChI=1S/C12H24O4Si4.2CH3.Pt/c1-9-17(5)13-18(6,10-2)15-20(8,12-4)16-19(7,11-3)14-17;;;/h9-12H,1-4H2,5-8H3;2*1H3;/q;2*-1;+2. The molecule has 0 aromatic carbocycles. The van der Waals surface area contributed by atoms with Crippen molar-refractivity contribution in [3.05, 3.63) is 64.0 Å². The molecule has 0 unspecified atom stereocenters. The van der Waals surface area contributed by atoms with E-state index in [0.29, 0.717) is 0 Å². The summed E-state index contributed by atoms with van der Waals surface area (Å²) in [5, 5.41) is 0. The van der Waals surface area contributed by atoms with Gasteiger partial charge >= 0.3 is 55.3 Å². The molecule has 1 heterocycles. The molecule has 0 aliphatic carbocycles. The van der Waals surface area contributed by atoms with Gasteiger partial charge in [0.25, 0.3) is 0 Å². The van der Waals surface area contributed by atoms with Gasteiger partial charge in [-0.15, -0.1) is 26.3 Å². The largest absolute Gasteiger partial charge is 2.00 e. The summed E-state index contributed by atoms with van der Waals surface area (Å²) in [7, 11) is -10.4. The summed E-state index contributed by atoms with van der Waals surface area (Å²) in [6, 6.07) is 0. The monoisotopic (exact) mass is 569 g/mol. The Balaban J connectivity index is -0.00000133. The van der Waals surface area contributed by atoms with Crippen LogP contribution >= 0.6 is 0 Å². The zero-order valence-corrected chi connectivity index (χ0v) is 21.4. The normalized spacial score (nSPS) is 39.8. The van der Waals surface area contributed by atoms with Crippen LogP contribution in [0.5, 0.6) is 0 Å². The van der Waals surface area contributed by atoms with Gasteiger partial charge in [-0.25, -0.2) is 0 Å². The van der Waals surface area contributed by atoms with Crippen molar-refractivity contribution in [1.82, 2.24) is 0 Å². The predicted octanol–water partition coefficient (Wildman–Crippen LogP) is 4.15. The Labute approximate surface area is 161 Å². The first-order valence-corrected chi connectivity index (χ1v) is 16.0. The molecule has 1 aliphatic rings. The first-order chi connectivity index (χ1) is 9.07. The maximum absolute atomic E-state index is 6.25. The molecule has 0 N–H and O–H groups in total. The minimum Gasteiger partial charge on any atom is -0.410 e. The maximum atomic E-state index is 6.25. The van der Waals surface area contributed by atoms with E-state index < -0.39 is 34.2 Å². The van der Waals surface area contributed by atoms with Crippen molar-refractivity contribution in [2.24, 2.45) is 0 Å². The Morgan fingerprint density at radius 1 is 0.522 bits per heavy atom. The van der Waals surface area contributed by atoms with E-state index in [2.05, 4.69) is 26.3 Å². The van der Waals surface area contributed by atoms with Crippen LogP contribution in [0.2, 0.25) is 26.2 Å². The van der Waals surface area contributed by atoms with Gasteiger partial charge in [0.15, 0.2) is 0 Å². The van der Waals surface area contributed by atoms with E-state index in [0.717, 1.165) is 0 Å². The molecule has 136 valence electrons. The van der Waals surface area contributed by atoms with Crippen molar-refractivity contribution in [2.75, 3.05) is 0 Å².